The van der Waals surface area contributed by atoms with Gasteiger partial charge in [-0.05, 0) is 25.8 Å². The number of hydrogen-bond donors (Lipinski definition) is 1. The van der Waals surface area contributed by atoms with Crippen molar-refractivity contribution in [2.24, 2.45) is 7.05 Å². The number of esters is 1. The SMILES string of the molecule is CCCN(CCC)C(=O)c1cc(NC(=O)CCC(=O)OCC)c(=O)n(C)c1. The molecule has 0 saturated carbocycles. The molecule has 1 rings (SSSR count). The highest BCUT2D eigenvalue weighted by molar-refractivity contribution is 5.97. The first-order valence-electron chi connectivity index (χ1n) is 9.29. The first-order chi connectivity index (χ1) is 12.8. The molecule has 1 heterocycles. The highest BCUT2D eigenvalue weighted by Crippen LogP contribution is 2.11. The Bertz CT molecular complexity index is 721. The first-order valence-corrected chi connectivity index (χ1v) is 9.29. The Morgan fingerprint density at radius 1 is 1.11 bits per heavy atom. The Labute approximate surface area is 159 Å². The van der Waals surface area contributed by atoms with E-state index in [1.165, 1.54) is 23.9 Å². The number of aromatic nitrogens is 1. The van der Waals surface area contributed by atoms with E-state index in [4.69, 9.17) is 4.74 Å². The molecule has 27 heavy (non-hydrogen) atoms. The number of ether oxygens (including phenoxy) is 1. The van der Waals surface area contributed by atoms with Gasteiger partial charge >= 0.3 is 5.97 Å². The Kier molecular flexibility index (Phi) is 9.25. The van der Waals surface area contributed by atoms with Crippen molar-refractivity contribution in [2.45, 2.75) is 46.5 Å². The van der Waals surface area contributed by atoms with Crippen molar-refractivity contribution in [3.8, 4) is 0 Å². The topological polar surface area (TPSA) is 97.7 Å². The number of nitrogens with zero attached hydrogens (tertiary/aromatic N) is 2. The van der Waals surface area contributed by atoms with E-state index in [0.717, 1.165) is 12.8 Å². The minimum absolute atomic E-state index is 0.0187. The highest BCUT2D eigenvalue weighted by Gasteiger charge is 2.18. The summed E-state index contributed by atoms with van der Waals surface area (Å²) in [7, 11) is 1.53. The molecule has 0 radical (unpaired) electrons. The fourth-order valence-electron chi connectivity index (χ4n) is 2.62. The van der Waals surface area contributed by atoms with Gasteiger partial charge in [0.2, 0.25) is 5.91 Å². The molecule has 8 nitrogen and oxygen atoms in total. The van der Waals surface area contributed by atoms with Crippen LogP contribution in [0.2, 0.25) is 0 Å². The molecule has 0 aliphatic rings. The zero-order chi connectivity index (χ0) is 20.4. The molecule has 0 fully saturated rings. The normalized spacial score (nSPS) is 10.4. The molecule has 0 aliphatic carbocycles. The van der Waals surface area contributed by atoms with Gasteiger partial charge in [0.1, 0.15) is 5.69 Å². The van der Waals surface area contributed by atoms with Gasteiger partial charge in [-0.25, -0.2) is 0 Å². The number of amides is 2. The lowest BCUT2D eigenvalue weighted by atomic mass is 10.2. The molecule has 0 unspecified atom stereocenters. The van der Waals surface area contributed by atoms with Crippen molar-refractivity contribution in [3.63, 3.8) is 0 Å². The highest BCUT2D eigenvalue weighted by atomic mass is 16.5. The van der Waals surface area contributed by atoms with Gasteiger partial charge < -0.3 is 19.5 Å². The molecular weight excluding hydrogens is 350 g/mol. The molecule has 1 aromatic rings. The summed E-state index contributed by atoms with van der Waals surface area (Å²) in [6, 6.07) is 1.39. The van der Waals surface area contributed by atoms with Gasteiger partial charge in [-0.3, -0.25) is 19.2 Å². The Morgan fingerprint density at radius 3 is 2.30 bits per heavy atom. The molecule has 0 aromatic carbocycles. The van der Waals surface area contributed by atoms with Crippen LogP contribution in [0.25, 0.3) is 0 Å². The maximum atomic E-state index is 12.7. The Balaban J connectivity index is 2.95. The molecule has 0 saturated heterocycles. The van der Waals surface area contributed by atoms with Crippen LogP contribution in [0.15, 0.2) is 17.1 Å². The van der Waals surface area contributed by atoms with Crippen molar-refractivity contribution < 1.29 is 19.1 Å². The molecule has 0 atom stereocenters. The molecule has 8 heteroatoms. The minimum atomic E-state index is -0.483. The lowest BCUT2D eigenvalue weighted by molar-refractivity contribution is -0.144. The number of carbonyl (C=O) groups excluding carboxylic acids is 3. The average molecular weight is 379 g/mol. The summed E-state index contributed by atoms with van der Waals surface area (Å²) in [5.74, 6) is -1.14. The lowest BCUT2D eigenvalue weighted by Gasteiger charge is -2.22. The van der Waals surface area contributed by atoms with E-state index in [1.807, 2.05) is 13.8 Å². The molecule has 0 bridgehead atoms. The molecular formula is C19H29N3O5. The quantitative estimate of drug-likeness (QED) is 0.627. The summed E-state index contributed by atoms with van der Waals surface area (Å²) in [5.41, 5.74) is -0.0709. The van der Waals surface area contributed by atoms with Crippen molar-refractivity contribution >= 4 is 23.5 Å². The van der Waals surface area contributed by atoms with Gasteiger partial charge in [0.15, 0.2) is 0 Å². The lowest BCUT2D eigenvalue weighted by Crippen LogP contribution is -2.34. The average Bonchev–Trinajstić information content (AvgIpc) is 2.63. The summed E-state index contributed by atoms with van der Waals surface area (Å²) < 4.78 is 6.04. The molecule has 1 N–H and O–H groups in total. The van der Waals surface area contributed by atoms with Crippen LogP contribution in [-0.4, -0.2) is 46.9 Å². The van der Waals surface area contributed by atoms with Crippen LogP contribution in [0.4, 0.5) is 5.69 Å². The van der Waals surface area contributed by atoms with E-state index in [-0.39, 0.29) is 31.0 Å². The van der Waals surface area contributed by atoms with Crippen molar-refractivity contribution in [3.05, 3.63) is 28.2 Å². The van der Waals surface area contributed by atoms with Gasteiger partial charge in [0, 0.05) is 32.8 Å². The van der Waals surface area contributed by atoms with E-state index in [9.17, 15) is 19.2 Å². The van der Waals surface area contributed by atoms with Crippen LogP contribution in [0.5, 0.6) is 0 Å². The third kappa shape index (κ3) is 6.88. The Morgan fingerprint density at radius 2 is 1.74 bits per heavy atom. The van der Waals surface area contributed by atoms with Crippen LogP contribution in [0, 0.1) is 0 Å². The van der Waals surface area contributed by atoms with E-state index >= 15 is 0 Å². The van der Waals surface area contributed by atoms with Gasteiger partial charge in [-0.1, -0.05) is 13.8 Å². The largest absolute Gasteiger partial charge is 0.466 e. The number of anilines is 1. The molecule has 1 aromatic heterocycles. The van der Waals surface area contributed by atoms with Crippen LogP contribution in [0.3, 0.4) is 0 Å². The first kappa shape index (κ1) is 22.4. The second-order valence-electron chi connectivity index (χ2n) is 6.20. The van der Waals surface area contributed by atoms with E-state index < -0.39 is 17.4 Å². The second-order valence-corrected chi connectivity index (χ2v) is 6.20. The number of nitrogens with one attached hydrogen (secondary N) is 1. The van der Waals surface area contributed by atoms with Crippen LogP contribution in [0.1, 0.15) is 56.8 Å². The van der Waals surface area contributed by atoms with Crippen molar-refractivity contribution in [1.29, 1.82) is 0 Å². The molecule has 2 amide bonds. The number of rotatable bonds is 10. The van der Waals surface area contributed by atoms with Gasteiger partial charge in [-0.2, -0.15) is 0 Å². The molecule has 150 valence electrons. The van der Waals surface area contributed by atoms with Crippen molar-refractivity contribution in [2.75, 3.05) is 25.0 Å². The summed E-state index contributed by atoms with van der Waals surface area (Å²) in [4.78, 5) is 50.1. The second kappa shape index (κ2) is 11.2. The summed E-state index contributed by atoms with van der Waals surface area (Å²) in [5, 5.41) is 2.50. The summed E-state index contributed by atoms with van der Waals surface area (Å²) >= 11 is 0. The smallest absolute Gasteiger partial charge is 0.306 e. The third-order valence-corrected chi connectivity index (χ3v) is 3.84. The van der Waals surface area contributed by atoms with Gasteiger partial charge in [-0.15, -0.1) is 0 Å². The van der Waals surface area contributed by atoms with E-state index in [0.29, 0.717) is 18.7 Å². The maximum Gasteiger partial charge on any atom is 0.306 e. The zero-order valence-electron chi connectivity index (χ0n) is 16.5. The van der Waals surface area contributed by atoms with Crippen LogP contribution in [-0.2, 0) is 21.4 Å². The molecule has 0 spiro atoms. The third-order valence-electron chi connectivity index (χ3n) is 3.84. The van der Waals surface area contributed by atoms with Gasteiger partial charge in [0.25, 0.3) is 11.5 Å². The van der Waals surface area contributed by atoms with E-state index in [1.54, 1.807) is 11.8 Å². The minimum Gasteiger partial charge on any atom is -0.466 e. The number of pyridine rings is 1. The fraction of sp³-hybridized carbons (Fsp3) is 0.579. The van der Waals surface area contributed by atoms with E-state index in [2.05, 4.69) is 5.32 Å². The monoisotopic (exact) mass is 379 g/mol. The van der Waals surface area contributed by atoms with Gasteiger partial charge in [0.05, 0.1) is 18.6 Å². The zero-order valence-corrected chi connectivity index (χ0v) is 16.5. The predicted molar refractivity (Wildman–Crippen MR) is 103 cm³/mol. The van der Waals surface area contributed by atoms with Crippen molar-refractivity contribution in [1.82, 2.24) is 9.47 Å². The summed E-state index contributed by atoms with van der Waals surface area (Å²) in [6.45, 7) is 7.16. The standard InChI is InChI=1S/C19H29N3O5/c1-5-10-22(11-6-2)18(25)14-12-15(19(26)21(4)13-14)20-16(23)8-9-17(24)27-7-3/h12-13H,5-11H2,1-4H3,(H,20,23). The fourth-order valence-corrected chi connectivity index (χ4v) is 2.62. The predicted octanol–water partition coefficient (Wildman–Crippen LogP) is 1.93. The number of carbonyl (C=O) groups is 3. The maximum absolute atomic E-state index is 12.7. The number of aryl methyl sites for hydroxylation is 1. The summed E-state index contributed by atoms with van der Waals surface area (Å²) in [6.07, 6.45) is 2.96. The van der Waals surface area contributed by atoms with Crippen LogP contribution >= 0.6 is 0 Å². The Hall–Kier alpha value is -2.64. The number of hydrogen-bond acceptors (Lipinski definition) is 5. The molecule has 0 aliphatic heterocycles. The van der Waals surface area contributed by atoms with Crippen LogP contribution < -0.4 is 10.9 Å².